The summed E-state index contributed by atoms with van der Waals surface area (Å²) >= 11 is 0. The highest BCUT2D eigenvalue weighted by atomic mass is 16.2. The van der Waals surface area contributed by atoms with Gasteiger partial charge in [0.1, 0.15) is 0 Å². The Bertz CT molecular complexity index is 1040. The van der Waals surface area contributed by atoms with Gasteiger partial charge in [-0.05, 0) is 48.6 Å². The molecule has 2 aromatic carbocycles. The second-order valence-electron chi connectivity index (χ2n) is 8.15. The molecule has 150 valence electrons. The van der Waals surface area contributed by atoms with E-state index in [1.165, 1.54) is 16.8 Å². The van der Waals surface area contributed by atoms with Gasteiger partial charge >= 0.3 is 6.03 Å². The van der Waals surface area contributed by atoms with Gasteiger partial charge in [-0.2, -0.15) is 0 Å². The number of aromatic nitrogens is 1. The minimum absolute atomic E-state index is 0.0496. The van der Waals surface area contributed by atoms with Crippen molar-refractivity contribution in [2.75, 3.05) is 29.9 Å². The number of urea groups is 1. The van der Waals surface area contributed by atoms with Crippen LogP contribution in [0.25, 0.3) is 10.9 Å². The van der Waals surface area contributed by atoms with Crippen LogP contribution in [0.3, 0.4) is 0 Å². The van der Waals surface area contributed by atoms with E-state index in [1.54, 1.807) is 0 Å². The number of fused-ring (bicyclic) bond motifs is 2. The average molecular weight is 390 g/mol. The number of aromatic amines is 1. The first-order chi connectivity index (χ1) is 14.2. The lowest BCUT2D eigenvalue weighted by molar-refractivity contribution is 0.206. The van der Waals surface area contributed by atoms with Crippen molar-refractivity contribution in [2.45, 2.75) is 31.8 Å². The van der Waals surface area contributed by atoms with Gasteiger partial charge in [-0.1, -0.05) is 24.3 Å². The fourth-order valence-electron chi connectivity index (χ4n) is 4.52. The lowest BCUT2D eigenvalue weighted by Crippen LogP contribution is -2.43. The molecule has 6 nitrogen and oxygen atoms in total. The van der Waals surface area contributed by atoms with Crippen molar-refractivity contribution in [3.8, 4) is 0 Å². The van der Waals surface area contributed by atoms with Crippen molar-refractivity contribution in [2.24, 2.45) is 5.73 Å². The van der Waals surface area contributed by atoms with Crippen LogP contribution in [0.4, 0.5) is 16.2 Å². The molecule has 2 aliphatic rings. The summed E-state index contributed by atoms with van der Waals surface area (Å²) in [5, 5.41) is 4.10. The molecule has 3 aromatic rings. The summed E-state index contributed by atoms with van der Waals surface area (Å²) in [6, 6.07) is 14.9. The molecule has 5 rings (SSSR count). The smallest absolute Gasteiger partial charge is 0.322 e. The predicted molar refractivity (Wildman–Crippen MR) is 117 cm³/mol. The molecule has 6 heteroatoms. The van der Waals surface area contributed by atoms with E-state index in [-0.39, 0.29) is 12.1 Å². The highest BCUT2D eigenvalue weighted by Crippen LogP contribution is 2.28. The van der Waals surface area contributed by atoms with E-state index in [4.69, 9.17) is 5.73 Å². The van der Waals surface area contributed by atoms with Crippen LogP contribution in [0.15, 0.2) is 48.7 Å². The number of benzene rings is 2. The van der Waals surface area contributed by atoms with Crippen molar-refractivity contribution in [1.29, 1.82) is 0 Å². The van der Waals surface area contributed by atoms with Gasteiger partial charge in [0, 0.05) is 55.0 Å². The minimum atomic E-state index is -0.0496. The lowest BCUT2D eigenvalue weighted by Gasteiger charge is -2.34. The van der Waals surface area contributed by atoms with Crippen molar-refractivity contribution >= 4 is 28.3 Å². The van der Waals surface area contributed by atoms with Gasteiger partial charge in [-0.15, -0.1) is 0 Å². The zero-order chi connectivity index (χ0) is 19.8. The number of rotatable bonds is 2. The Labute approximate surface area is 170 Å². The fourth-order valence-corrected chi connectivity index (χ4v) is 4.52. The van der Waals surface area contributed by atoms with Crippen LogP contribution < -0.4 is 16.0 Å². The zero-order valence-corrected chi connectivity index (χ0v) is 16.5. The van der Waals surface area contributed by atoms with Crippen LogP contribution in [0.1, 0.15) is 24.0 Å². The molecule has 0 saturated carbocycles. The second-order valence-corrected chi connectivity index (χ2v) is 8.15. The molecule has 1 aromatic heterocycles. The number of nitrogens with two attached hydrogens (primary N) is 1. The van der Waals surface area contributed by atoms with Crippen LogP contribution in [0.2, 0.25) is 0 Å². The molecule has 29 heavy (non-hydrogen) atoms. The number of piperidine rings is 1. The maximum atomic E-state index is 12.8. The highest BCUT2D eigenvalue weighted by molar-refractivity contribution is 6.01. The molecule has 0 bridgehead atoms. The van der Waals surface area contributed by atoms with Gasteiger partial charge < -0.3 is 25.8 Å². The summed E-state index contributed by atoms with van der Waals surface area (Å²) in [4.78, 5) is 20.3. The molecule has 4 N–H and O–H groups in total. The number of anilines is 2. The predicted octanol–water partition coefficient (Wildman–Crippen LogP) is 3.69. The Morgan fingerprint density at radius 1 is 1.14 bits per heavy atom. The normalized spacial score (nSPS) is 19.3. The lowest BCUT2D eigenvalue weighted by atomic mass is 9.98. The van der Waals surface area contributed by atoms with Crippen LogP contribution in [0, 0.1) is 0 Å². The van der Waals surface area contributed by atoms with E-state index in [1.807, 2.05) is 35.4 Å². The van der Waals surface area contributed by atoms with E-state index in [0.717, 1.165) is 55.5 Å². The summed E-state index contributed by atoms with van der Waals surface area (Å²) in [6.45, 7) is 3.37. The first-order valence-corrected chi connectivity index (χ1v) is 10.4. The SMILES string of the molecule is NC1CCCN(c2ccc3c(c2)CCN(C(=O)Nc2c[nH]c4ccccc24)C3)C1. The fraction of sp³-hybridized carbons (Fsp3) is 0.348. The first kappa shape index (κ1) is 18.1. The molecule has 0 radical (unpaired) electrons. The van der Waals surface area contributed by atoms with Gasteiger partial charge in [0.2, 0.25) is 0 Å². The topological polar surface area (TPSA) is 77.4 Å². The maximum Gasteiger partial charge on any atom is 0.322 e. The third-order valence-electron chi connectivity index (χ3n) is 6.14. The Morgan fingerprint density at radius 2 is 2.03 bits per heavy atom. The summed E-state index contributed by atoms with van der Waals surface area (Å²) < 4.78 is 0. The first-order valence-electron chi connectivity index (χ1n) is 10.4. The van der Waals surface area contributed by atoms with E-state index < -0.39 is 0 Å². The molecular weight excluding hydrogens is 362 g/mol. The monoisotopic (exact) mass is 389 g/mol. The number of carbonyl (C=O) groups is 1. The van der Waals surface area contributed by atoms with Crippen LogP contribution in [0.5, 0.6) is 0 Å². The van der Waals surface area contributed by atoms with Crippen molar-refractivity contribution in [3.05, 3.63) is 59.8 Å². The molecule has 1 unspecified atom stereocenters. The summed E-state index contributed by atoms with van der Waals surface area (Å²) in [6.07, 6.45) is 5.00. The Hall–Kier alpha value is -2.99. The molecule has 3 heterocycles. The van der Waals surface area contributed by atoms with E-state index in [2.05, 4.69) is 33.4 Å². The number of amides is 2. The Morgan fingerprint density at radius 3 is 2.93 bits per heavy atom. The van der Waals surface area contributed by atoms with Crippen LogP contribution in [-0.2, 0) is 13.0 Å². The van der Waals surface area contributed by atoms with Gasteiger partial charge in [0.25, 0.3) is 0 Å². The van der Waals surface area contributed by atoms with Gasteiger partial charge in [0.05, 0.1) is 5.69 Å². The minimum Gasteiger partial charge on any atom is -0.370 e. The summed E-state index contributed by atoms with van der Waals surface area (Å²) in [5.41, 5.74) is 11.8. The van der Waals surface area contributed by atoms with Gasteiger partial charge in [-0.3, -0.25) is 0 Å². The van der Waals surface area contributed by atoms with Crippen molar-refractivity contribution in [1.82, 2.24) is 9.88 Å². The molecule has 1 saturated heterocycles. The van der Waals surface area contributed by atoms with Crippen molar-refractivity contribution < 1.29 is 4.79 Å². The second kappa shape index (κ2) is 7.44. The standard InChI is InChI=1S/C23H27N5O/c24-18-4-3-10-27(15-18)19-8-7-17-14-28(11-9-16(17)12-19)23(29)26-22-13-25-21-6-2-1-5-20(21)22/h1-2,5-8,12-13,18,25H,3-4,9-11,14-15,24H2,(H,26,29). The highest BCUT2D eigenvalue weighted by Gasteiger charge is 2.23. The Balaban J connectivity index is 1.28. The number of hydrogen-bond acceptors (Lipinski definition) is 3. The molecule has 2 aliphatic heterocycles. The number of para-hydroxylation sites is 1. The molecular formula is C23H27N5O. The van der Waals surface area contributed by atoms with Gasteiger partial charge in [-0.25, -0.2) is 4.79 Å². The quantitative estimate of drug-likeness (QED) is 0.626. The van der Waals surface area contributed by atoms with Crippen molar-refractivity contribution in [3.63, 3.8) is 0 Å². The number of hydrogen-bond donors (Lipinski definition) is 3. The van der Waals surface area contributed by atoms with Crippen LogP contribution >= 0.6 is 0 Å². The number of nitrogens with one attached hydrogen (secondary N) is 2. The molecule has 1 atom stereocenters. The Kier molecular flexibility index (Phi) is 4.64. The van der Waals surface area contributed by atoms with E-state index in [9.17, 15) is 4.79 Å². The molecule has 1 fully saturated rings. The van der Waals surface area contributed by atoms with E-state index >= 15 is 0 Å². The number of carbonyl (C=O) groups excluding carboxylic acids is 1. The molecule has 2 amide bonds. The molecule has 0 aliphatic carbocycles. The summed E-state index contributed by atoms with van der Waals surface area (Å²) in [5.74, 6) is 0. The third-order valence-corrected chi connectivity index (χ3v) is 6.14. The number of nitrogens with zero attached hydrogens (tertiary/aromatic N) is 2. The number of H-pyrrole nitrogens is 1. The summed E-state index contributed by atoms with van der Waals surface area (Å²) in [7, 11) is 0. The van der Waals surface area contributed by atoms with Gasteiger partial charge in [0.15, 0.2) is 0 Å². The maximum absolute atomic E-state index is 12.8. The average Bonchev–Trinajstić information content (AvgIpc) is 3.16. The zero-order valence-electron chi connectivity index (χ0n) is 16.5. The molecule has 0 spiro atoms. The third kappa shape index (κ3) is 3.56. The van der Waals surface area contributed by atoms with Crippen LogP contribution in [-0.4, -0.2) is 41.6 Å². The largest absolute Gasteiger partial charge is 0.370 e. The van der Waals surface area contributed by atoms with E-state index in [0.29, 0.717) is 6.54 Å².